The summed E-state index contributed by atoms with van der Waals surface area (Å²) in [6.45, 7) is 9.62. The first kappa shape index (κ1) is 27.0. The topological polar surface area (TPSA) is 3.24 Å². The third-order valence-corrected chi connectivity index (χ3v) is 9.83. The second kappa shape index (κ2) is 10.4. The van der Waals surface area contributed by atoms with Crippen LogP contribution in [0.15, 0.2) is 152 Å². The van der Waals surface area contributed by atoms with Gasteiger partial charge in [0.25, 0.3) is 0 Å². The lowest BCUT2D eigenvalue weighted by Crippen LogP contribution is -2.43. The van der Waals surface area contributed by atoms with Crippen molar-refractivity contribution in [3.05, 3.63) is 163 Å². The average Bonchev–Trinajstić information content (AvgIpc) is 3.05. The Morgan fingerprint density at radius 3 is 1.47 bits per heavy atom. The maximum atomic E-state index is 2.41. The lowest BCUT2D eigenvalue weighted by molar-refractivity contribution is 0.300. The molecule has 43 heavy (non-hydrogen) atoms. The molecule has 1 nitrogen and oxygen atoms in total. The van der Waals surface area contributed by atoms with Crippen LogP contribution in [0.3, 0.4) is 0 Å². The second-order valence-corrected chi connectivity index (χ2v) is 12.7. The molecule has 6 aromatic carbocycles. The predicted octanol–water partition coefficient (Wildman–Crippen LogP) is 11.7. The van der Waals surface area contributed by atoms with E-state index in [1.165, 1.54) is 44.5 Å². The molecule has 0 bridgehead atoms. The molecule has 0 heterocycles. The smallest absolute Gasteiger partial charge is 0.0462 e. The number of rotatable bonds is 5. The van der Waals surface area contributed by atoms with Gasteiger partial charge in [0.05, 0.1) is 0 Å². The number of hydrogen-bond acceptors (Lipinski definition) is 1. The molecule has 210 valence electrons. The molecule has 0 fully saturated rings. The first-order valence-electron chi connectivity index (χ1n) is 15.2. The molecular weight excluding hydrogens is 518 g/mol. The van der Waals surface area contributed by atoms with Crippen molar-refractivity contribution >= 4 is 17.1 Å². The number of nitrogens with zero attached hydrogens (tertiary/aromatic N) is 1. The molecule has 1 aliphatic rings. The van der Waals surface area contributed by atoms with Crippen molar-refractivity contribution in [3.8, 4) is 33.4 Å². The van der Waals surface area contributed by atoms with Gasteiger partial charge in [-0.3, -0.25) is 0 Å². The van der Waals surface area contributed by atoms with Crippen molar-refractivity contribution in [1.29, 1.82) is 0 Å². The number of anilines is 3. The van der Waals surface area contributed by atoms with Gasteiger partial charge < -0.3 is 4.90 Å². The Labute approximate surface area is 256 Å². The molecule has 0 aliphatic heterocycles. The number of fused-ring (bicyclic) bond motifs is 3. The van der Waals surface area contributed by atoms with Gasteiger partial charge >= 0.3 is 0 Å². The lowest BCUT2D eigenvalue weighted by Gasteiger charge is -2.49. The van der Waals surface area contributed by atoms with E-state index in [0.717, 1.165) is 17.1 Å². The third-order valence-electron chi connectivity index (χ3n) is 9.83. The van der Waals surface area contributed by atoms with Gasteiger partial charge in [0.1, 0.15) is 0 Å². The SMILES string of the molecule is CC1(C)c2ccccc2-c2cccc(-c3ccc(N(c4ccccc4)c4ccc(-c5ccccc5)cc4)cc3)c2C1(C)C. The molecule has 0 radical (unpaired) electrons. The molecule has 0 amide bonds. The highest BCUT2D eigenvalue weighted by Crippen LogP contribution is 2.56. The van der Waals surface area contributed by atoms with E-state index >= 15 is 0 Å². The standard InChI is InChI=1S/C42H37N/c1-41(2)39-21-12-11-18-37(39)38-20-13-19-36(40(38)42(41,3)4)32-24-28-35(29-25-32)43(33-16-9-6-10-17-33)34-26-22-31(23-27-34)30-14-7-5-8-15-30/h5-29H,1-4H3. The summed E-state index contributed by atoms with van der Waals surface area (Å²) >= 11 is 0. The predicted molar refractivity (Wildman–Crippen MR) is 183 cm³/mol. The van der Waals surface area contributed by atoms with Crippen LogP contribution in [0.1, 0.15) is 38.8 Å². The van der Waals surface area contributed by atoms with Gasteiger partial charge in [-0.2, -0.15) is 0 Å². The quantitative estimate of drug-likeness (QED) is 0.204. The zero-order valence-electron chi connectivity index (χ0n) is 25.4. The van der Waals surface area contributed by atoms with Crippen LogP contribution in [0.4, 0.5) is 17.1 Å². The Bertz CT molecular complexity index is 1880. The van der Waals surface area contributed by atoms with E-state index in [2.05, 4.69) is 184 Å². The summed E-state index contributed by atoms with van der Waals surface area (Å²) in [6, 6.07) is 55.0. The molecule has 0 saturated carbocycles. The summed E-state index contributed by atoms with van der Waals surface area (Å²) in [7, 11) is 0. The van der Waals surface area contributed by atoms with E-state index < -0.39 is 0 Å². The summed E-state index contributed by atoms with van der Waals surface area (Å²) in [4.78, 5) is 2.34. The molecule has 0 unspecified atom stereocenters. The zero-order chi connectivity index (χ0) is 29.6. The van der Waals surface area contributed by atoms with Crippen LogP contribution in [-0.4, -0.2) is 0 Å². The molecule has 0 aromatic heterocycles. The summed E-state index contributed by atoms with van der Waals surface area (Å²) in [5, 5.41) is 0. The van der Waals surface area contributed by atoms with Gasteiger partial charge in [-0.15, -0.1) is 0 Å². The number of hydrogen-bond donors (Lipinski definition) is 0. The summed E-state index contributed by atoms with van der Waals surface area (Å²) in [5.74, 6) is 0. The summed E-state index contributed by atoms with van der Waals surface area (Å²) in [6.07, 6.45) is 0. The van der Waals surface area contributed by atoms with Gasteiger partial charge in [0.2, 0.25) is 0 Å². The fourth-order valence-electron chi connectivity index (χ4n) is 6.85. The Morgan fingerprint density at radius 1 is 0.349 bits per heavy atom. The van der Waals surface area contributed by atoms with Gasteiger partial charge in [0.15, 0.2) is 0 Å². The number of benzene rings is 6. The van der Waals surface area contributed by atoms with Crippen LogP contribution in [0.5, 0.6) is 0 Å². The van der Waals surface area contributed by atoms with Gasteiger partial charge in [-0.05, 0) is 86.3 Å². The fourth-order valence-corrected chi connectivity index (χ4v) is 6.85. The Hall–Kier alpha value is -4.88. The molecular formula is C42H37N. The highest BCUT2D eigenvalue weighted by atomic mass is 15.1. The first-order chi connectivity index (χ1) is 20.9. The first-order valence-corrected chi connectivity index (χ1v) is 15.2. The minimum absolute atomic E-state index is 0.0113. The molecule has 0 atom stereocenters. The van der Waals surface area contributed by atoms with E-state index in [1.54, 1.807) is 0 Å². The van der Waals surface area contributed by atoms with E-state index in [4.69, 9.17) is 0 Å². The molecule has 0 spiro atoms. The van der Waals surface area contributed by atoms with Crippen LogP contribution in [0, 0.1) is 0 Å². The normalized spacial score (nSPS) is 14.4. The number of para-hydroxylation sites is 1. The highest BCUT2D eigenvalue weighted by molar-refractivity contribution is 5.86. The van der Waals surface area contributed by atoms with Gasteiger partial charge in [0, 0.05) is 22.5 Å². The van der Waals surface area contributed by atoms with Crippen LogP contribution in [-0.2, 0) is 10.8 Å². The molecule has 0 N–H and O–H groups in total. The Morgan fingerprint density at radius 2 is 0.814 bits per heavy atom. The minimum Gasteiger partial charge on any atom is -0.311 e. The summed E-state index contributed by atoms with van der Waals surface area (Å²) < 4.78 is 0. The van der Waals surface area contributed by atoms with Crippen molar-refractivity contribution in [2.24, 2.45) is 0 Å². The maximum absolute atomic E-state index is 2.41. The molecule has 1 heteroatoms. The van der Waals surface area contributed by atoms with Crippen molar-refractivity contribution in [2.45, 2.75) is 38.5 Å². The van der Waals surface area contributed by atoms with Crippen molar-refractivity contribution in [1.82, 2.24) is 0 Å². The van der Waals surface area contributed by atoms with E-state index in [1.807, 2.05) is 0 Å². The van der Waals surface area contributed by atoms with Crippen LogP contribution in [0.2, 0.25) is 0 Å². The van der Waals surface area contributed by atoms with E-state index in [-0.39, 0.29) is 10.8 Å². The van der Waals surface area contributed by atoms with Gasteiger partial charge in [-0.25, -0.2) is 0 Å². The van der Waals surface area contributed by atoms with E-state index in [9.17, 15) is 0 Å². The van der Waals surface area contributed by atoms with Crippen LogP contribution >= 0.6 is 0 Å². The Kier molecular flexibility index (Phi) is 6.55. The fraction of sp³-hybridized carbons (Fsp3) is 0.143. The molecule has 1 aliphatic carbocycles. The average molecular weight is 556 g/mol. The highest BCUT2D eigenvalue weighted by Gasteiger charge is 2.46. The zero-order valence-corrected chi connectivity index (χ0v) is 25.4. The van der Waals surface area contributed by atoms with Crippen LogP contribution < -0.4 is 4.90 Å². The lowest BCUT2D eigenvalue weighted by atomic mass is 9.54. The van der Waals surface area contributed by atoms with Crippen LogP contribution in [0.25, 0.3) is 33.4 Å². The van der Waals surface area contributed by atoms with E-state index in [0.29, 0.717) is 0 Å². The molecule has 6 aromatic rings. The Balaban J connectivity index is 1.31. The van der Waals surface area contributed by atoms with Gasteiger partial charge in [-0.1, -0.05) is 143 Å². The molecule has 7 rings (SSSR count). The summed E-state index contributed by atoms with van der Waals surface area (Å²) in [5.41, 5.74) is 13.9. The van der Waals surface area contributed by atoms with Crippen molar-refractivity contribution < 1.29 is 0 Å². The van der Waals surface area contributed by atoms with Crippen molar-refractivity contribution in [3.63, 3.8) is 0 Å². The minimum atomic E-state index is -0.0531. The largest absolute Gasteiger partial charge is 0.311 e. The van der Waals surface area contributed by atoms with Crippen molar-refractivity contribution in [2.75, 3.05) is 4.90 Å². The third kappa shape index (κ3) is 4.48. The maximum Gasteiger partial charge on any atom is 0.0462 e. The second-order valence-electron chi connectivity index (χ2n) is 12.7. The molecule has 0 saturated heterocycles. The monoisotopic (exact) mass is 555 g/mol.